The van der Waals surface area contributed by atoms with Crippen molar-refractivity contribution in [1.82, 2.24) is 19.8 Å². The smallest absolute Gasteiger partial charge is 0.265 e. The molecule has 3 aromatic rings. The van der Waals surface area contributed by atoms with E-state index in [-0.39, 0.29) is 23.1 Å². The Labute approximate surface area is 231 Å². The van der Waals surface area contributed by atoms with Gasteiger partial charge in [0.1, 0.15) is 17.0 Å². The second kappa shape index (κ2) is 11.5. The lowest BCUT2D eigenvalue weighted by molar-refractivity contribution is -0.000659. The second-order valence-electron chi connectivity index (χ2n) is 11.6. The minimum Gasteiger partial charge on any atom is -0.497 e. The monoisotopic (exact) mass is 530 g/mol. The minimum atomic E-state index is -0.249. The van der Waals surface area contributed by atoms with Crippen LogP contribution in [-0.4, -0.2) is 53.1 Å². The number of rotatable bonds is 11. The number of nitrogens with one attached hydrogen (secondary N) is 1. The Morgan fingerprint density at radius 3 is 2.38 bits per heavy atom. The van der Waals surface area contributed by atoms with Crippen molar-refractivity contribution in [2.75, 3.05) is 26.7 Å². The van der Waals surface area contributed by atoms with Crippen LogP contribution in [0.15, 0.2) is 41.3 Å². The first-order chi connectivity index (χ1) is 18.9. The zero-order chi connectivity index (χ0) is 27.6. The van der Waals surface area contributed by atoms with Gasteiger partial charge in [-0.2, -0.15) is 0 Å². The molecule has 2 aliphatic rings. The van der Waals surface area contributed by atoms with Gasteiger partial charge in [-0.25, -0.2) is 4.98 Å². The van der Waals surface area contributed by atoms with E-state index < -0.39 is 0 Å². The molecule has 0 atom stereocenters. The molecule has 0 bridgehead atoms. The Morgan fingerprint density at radius 1 is 1.10 bits per heavy atom. The molecule has 7 nitrogen and oxygen atoms in total. The van der Waals surface area contributed by atoms with Crippen molar-refractivity contribution < 1.29 is 9.53 Å². The lowest BCUT2D eigenvalue weighted by Gasteiger charge is -2.54. The maximum atomic E-state index is 13.9. The molecule has 0 aliphatic heterocycles. The van der Waals surface area contributed by atoms with Crippen LogP contribution in [0.1, 0.15) is 74.7 Å². The number of carbonyl (C=O) groups is 1. The molecule has 2 fully saturated rings. The molecule has 2 saturated carbocycles. The van der Waals surface area contributed by atoms with Crippen molar-refractivity contribution in [3.63, 3.8) is 0 Å². The molecule has 1 spiro atoms. The third kappa shape index (κ3) is 5.46. The number of hydrogen-bond acceptors (Lipinski definition) is 5. The summed E-state index contributed by atoms with van der Waals surface area (Å²) in [7, 11) is 1.65. The SMILES string of the molecule is CCCN(CCC)CCn1c(=O)c(C(=O)NC2CC3(CCC3)C2)c(C)c2cc(-c3ccc(OC)cc3)cnc21. The molecule has 7 heteroatoms. The lowest BCUT2D eigenvalue weighted by atomic mass is 9.54. The summed E-state index contributed by atoms with van der Waals surface area (Å²) < 4.78 is 7.04. The topological polar surface area (TPSA) is 76.5 Å². The first-order valence-electron chi connectivity index (χ1n) is 14.6. The second-order valence-corrected chi connectivity index (χ2v) is 11.6. The Kier molecular flexibility index (Phi) is 8.08. The summed E-state index contributed by atoms with van der Waals surface area (Å²) in [4.78, 5) is 34.7. The standard InChI is InChI=1S/C32H42N4O3/c1-5-14-35(15-6-2)16-17-36-29-27(18-24(21-33-29)23-8-10-26(39-4)11-9-23)22(3)28(31(36)38)30(37)34-25-19-32(20-25)12-7-13-32/h8-11,18,21,25H,5-7,12-17,19-20H2,1-4H3,(H,34,37). The summed E-state index contributed by atoms with van der Waals surface area (Å²) in [5, 5.41) is 4.04. The van der Waals surface area contributed by atoms with E-state index in [1.165, 1.54) is 19.3 Å². The summed E-state index contributed by atoms with van der Waals surface area (Å²) in [5.41, 5.74) is 3.74. The fourth-order valence-corrected chi connectivity index (χ4v) is 6.53. The zero-order valence-electron chi connectivity index (χ0n) is 23.9. The number of methoxy groups -OCH3 is 1. The van der Waals surface area contributed by atoms with Gasteiger partial charge >= 0.3 is 0 Å². The fraction of sp³-hybridized carbons (Fsp3) is 0.531. The Morgan fingerprint density at radius 2 is 1.79 bits per heavy atom. The first kappa shape index (κ1) is 27.4. The van der Waals surface area contributed by atoms with Gasteiger partial charge in [0, 0.05) is 36.3 Å². The lowest BCUT2D eigenvalue weighted by Crippen LogP contribution is -2.54. The quantitative estimate of drug-likeness (QED) is 0.351. The predicted octanol–water partition coefficient (Wildman–Crippen LogP) is 5.57. The van der Waals surface area contributed by atoms with Crippen molar-refractivity contribution in [3.05, 3.63) is 58.0 Å². The summed E-state index contributed by atoms with van der Waals surface area (Å²) >= 11 is 0. The van der Waals surface area contributed by atoms with E-state index in [0.717, 1.165) is 67.6 Å². The minimum absolute atomic E-state index is 0.161. The maximum absolute atomic E-state index is 13.9. The molecule has 2 aliphatic carbocycles. The normalized spacial score (nSPS) is 16.3. The van der Waals surface area contributed by atoms with Gasteiger partial charge in [-0.05, 0) is 93.3 Å². The van der Waals surface area contributed by atoms with Crippen molar-refractivity contribution in [2.45, 2.75) is 78.3 Å². The van der Waals surface area contributed by atoms with Crippen LogP contribution in [-0.2, 0) is 6.54 Å². The summed E-state index contributed by atoms with van der Waals surface area (Å²) in [6.45, 7) is 9.45. The molecule has 1 aromatic carbocycles. The molecule has 0 saturated heterocycles. The number of ether oxygens (including phenoxy) is 1. The molecule has 5 rings (SSSR count). The van der Waals surface area contributed by atoms with Crippen LogP contribution in [0.2, 0.25) is 0 Å². The number of aryl methyl sites for hydroxylation is 1. The van der Waals surface area contributed by atoms with Crippen LogP contribution in [0.5, 0.6) is 5.75 Å². The summed E-state index contributed by atoms with van der Waals surface area (Å²) in [6, 6.07) is 10.1. The van der Waals surface area contributed by atoms with E-state index in [1.54, 1.807) is 11.7 Å². The molecule has 0 unspecified atom stereocenters. The van der Waals surface area contributed by atoms with Crippen molar-refractivity contribution in [2.24, 2.45) is 5.41 Å². The number of amides is 1. The van der Waals surface area contributed by atoms with E-state index in [9.17, 15) is 9.59 Å². The van der Waals surface area contributed by atoms with Crippen molar-refractivity contribution >= 4 is 16.9 Å². The Hall–Kier alpha value is -3.19. The predicted molar refractivity (Wildman–Crippen MR) is 157 cm³/mol. The van der Waals surface area contributed by atoms with Gasteiger partial charge in [0.25, 0.3) is 11.5 Å². The number of nitrogens with zero attached hydrogens (tertiary/aromatic N) is 3. The summed E-state index contributed by atoms with van der Waals surface area (Å²) in [6.07, 6.45) is 9.85. The highest BCUT2D eigenvalue weighted by Crippen LogP contribution is 2.55. The highest BCUT2D eigenvalue weighted by Gasteiger charge is 2.48. The van der Waals surface area contributed by atoms with E-state index >= 15 is 0 Å². The average Bonchev–Trinajstić information content (AvgIpc) is 2.89. The zero-order valence-corrected chi connectivity index (χ0v) is 23.9. The molecule has 1 N–H and O–H groups in total. The van der Waals surface area contributed by atoms with Crippen LogP contribution >= 0.6 is 0 Å². The number of hydrogen-bond donors (Lipinski definition) is 1. The summed E-state index contributed by atoms with van der Waals surface area (Å²) in [5.74, 6) is 0.543. The molecular formula is C32H42N4O3. The third-order valence-corrected chi connectivity index (χ3v) is 8.84. The van der Waals surface area contributed by atoms with Crippen molar-refractivity contribution in [3.8, 4) is 16.9 Å². The molecule has 39 heavy (non-hydrogen) atoms. The fourth-order valence-electron chi connectivity index (χ4n) is 6.53. The maximum Gasteiger partial charge on any atom is 0.265 e. The molecule has 208 valence electrons. The molecular weight excluding hydrogens is 488 g/mol. The van der Waals surface area contributed by atoms with Gasteiger partial charge in [0.2, 0.25) is 0 Å². The van der Waals surface area contributed by atoms with E-state index in [0.29, 0.717) is 23.2 Å². The van der Waals surface area contributed by atoms with Crippen LogP contribution < -0.4 is 15.6 Å². The van der Waals surface area contributed by atoms with E-state index in [1.807, 2.05) is 37.4 Å². The van der Waals surface area contributed by atoms with E-state index in [2.05, 4.69) is 30.1 Å². The van der Waals surface area contributed by atoms with Gasteiger partial charge in [-0.3, -0.25) is 14.2 Å². The Balaban J connectivity index is 1.52. The van der Waals surface area contributed by atoms with Crippen molar-refractivity contribution in [1.29, 1.82) is 0 Å². The Bertz CT molecular complexity index is 1380. The van der Waals surface area contributed by atoms with Gasteiger partial charge < -0.3 is 15.0 Å². The van der Waals surface area contributed by atoms with Crippen LogP contribution in [0.4, 0.5) is 0 Å². The van der Waals surface area contributed by atoms with E-state index in [4.69, 9.17) is 9.72 Å². The van der Waals surface area contributed by atoms with Gasteiger partial charge in [-0.1, -0.05) is 32.4 Å². The van der Waals surface area contributed by atoms with Crippen LogP contribution in [0.3, 0.4) is 0 Å². The molecule has 1 amide bonds. The first-order valence-corrected chi connectivity index (χ1v) is 14.6. The molecule has 2 aromatic heterocycles. The highest BCUT2D eigenvalue weighted by atomic mass is 16.5. The number of carbonyl (C=O) groups excluding carboxylic acids is 1. The van der Waals surface area contributed by atoms with Crippen LogP contribution in [0, 0.1) is 12.3 Å². The number of benzene rings is 1. The number of fused-ring (bicyclic) bond motifs is 1. The van der Waals surface area contributed by atoms with Gasteiger partial charge in [-0.15, -0.1) is 0 Å². The van der Waals surface area contributed by atoms with Gasteiger partial charge in [0.05, 0.1) is 7.11 Å². The highest BCUT2D eigenvalue weighted by molar-refractivity contribution is 6.00. The van der Waals surface area contributed by atoms with Gasteiger partial charge in [0.15, 0.2) is 0 Å². The average molecular weight is 531 g/mol. The number of aromatic nitrogens is 2. The third-order valence-electron chi connectivity index (χ3n) is 8.84. The van der Waals surface area contributed by atoms with Crippen LogP contribution in [0.25, 0.3) is 22.2 Å². The molecule has 2 heterocycles. The number of pyridine rings is 2. The molecule has 0 radical (unpaired) electrons. The largest absolute Gasteiger partial charge is 0.497 e.